The van der Waals surface area contributed by atoms with Crippen LogP contribution in [-0.4, -0.2) is 16.7 Å². The fraction of sp³-hybridized carbons (Fsp3) is 1.00. The molecule has 0 aliphatic rings. The number of hydrogen-bond donors (Lipinski definition) is 2. The van der Waals surface area contributed by atoms with Crippen molar-refractivity contribution in [1.29, 1.82) is 0 Å². The molecule has 0 saturated heterocycles. The lowest BCUT2D eigenvalue weighted by molar-refractivity contribution is 0.0326. The maximum Gasteiger partial charge on any atom is 0.0744 e. The molecule has 0 unspecified atom stereocenters. The summed E-state index contributed by atoms with van der Waals surface area (Å²) in [5, 5.41) is 9.46. The first-order valence-electron chi connectivity index (χ1n) is 3.87. The van der Waals surface area contributed by atoms with E-state index in [4.69, 9.17) is 5.73 Å². The monoisotopic (exact) mass is 145 g/mol. The molecule has 0 fully saturated rings. The standard InChI is InChI=1S/C8H19NO/c1-5-6(2)7(9)8(3,4)10/h6-7,10H,5,9H2,1-4H3/t6-,7-/m1/s1. The average Bonchev–Trinajstić information content (AvgIpc) is 1.83. The minimum atomic E-state index is -0.741. The molecule has 0 aliphatic heterocycles. The van der Waals surface area contributed by atoms with Crippen molar-refractivity contribution in [2.24, 2.45) is 11.7 Å². The Morgan fingerprint density at radius 1 is 1.50 bits per heavy atom. The van der Waals surface area contributed by atoms with Crippen molar-refractivity contribution in [1.82, 2.24) is 0 Å². The third kappa shape index (κ3) is 2.67. The molecule has 0 radical (unpaired) electrons. The van der Waals surface area contributed by atoms with Crippen LogP contribution in [0.15, 0.2) is 0 Å². The summed E-state index contributed by atoms with van der Waals surface area (Å²) in [4.78, 5) is 0. The summed E-state index contributed by atoms with van der Waals surface area (Å²) in [6.07, 6.45) is 1.02. The van der Waals surface area contributed by atoms with Gasteiger partial charge in [-0.1, -0.05) is 20.3 Å². The topological polar surface area (TPSA) is 46.2 Å². The molecule has 3 N–H and O–H groups in total. The highest BCUT2D eigenvalue weighted by molar-refractivity contribution is 4.83. The molecule has 2 heteroatoms. The largest absolute Gasteiger partial charge is 0.389 e. The third-order valence-electron chi connectivity index (χ3n) is 2.07. The van der Waals surface area contributed by atoms with Gasteiger partial charge in [0.05, 0.1) is 5.60 Å². The highest BCUT2D eigenvalue weighted by Gasteiger charge is 2.26. The maximum absolute atomic E-state index is 9.46. The van der Waals surface area contributed by atoms with Crippen LogP contribution < -0.4 is 5.73 Å². The van der Waals surface area contributed by atoms with Crippen LogP contribution in [0.25, 0.3) is 0 Å². The molecular weight excluding hydrogens is 126 g/mol. The normalized spacial score (nSPS) is 18.6. The predicted molar refractivity (Wildman–Crippen MR) is 43.7 cm³/mol. The molecule has 0 spiro atoms. The number of hydrogen-bond acceptors (Lipinski definition) is 2. The molecule has 62 valence electrons. The van der Waals surface area contributed by atoms with Crippen molar-refractivity contribution in [3.63, 3.8) is 0 Å². The Kier molecular flexibility index (Phi) is 3.33. The molecule has 10 heavy (non-hydrogen) atoms. The molecule has 0 heterocycles. The van der Waals surface area contributed by atoms with Crippen LogP contribution in [-0.2, 0) is 0 Å². The minimum absolute atomic E-state index is 0.113. The first-order valence-corrected chi connectivity index (χ1v) is 3.87. The van der Waals surface area contributed by atoms with Gasteiger partial charge in [0, 0.05) is 6.04 Å². The van der Waals surface area contributed by atoms with Gasteiger partial charge in [-0.25, -0.2) is 0 Å². The van der Waals surface area contributed by atoms with Crippen LogP contribution in [0, 0.1) is 5.92 Å². The van der Waals surface area contributed by atoms with Gasteiger partial charge in [-0.15, -0.1) is 0 Å². The van der Waals surface area contributed by atoms with E-state index in [1.165, 1.54) is 0 Å². The molecule has 2 nitrogen and oxygen atoms in total. The van der Waals surface area contributed by atoms with Gasteiger partial charge in [0.1, 0.15) is 0 Å². The van der Waals surface area contributed by atoms with Gasteiger partial charge in [-0.2, -0.15) is 0 Å². The second-order valence-corrected chi connectivity index (χ2v) is 3.56. The SMILES string of the molecule is CC[C@@H](C)[C@@H](N)C(C)(C)O. The van der Waals surface area contributed by atoms with E-state index in [1.54, 1.807) is 13.8 Å². The first kappa shape index (κ1) is 9.92. The second-order valence-electron chi connectivity index (χ2n) is 3.56. The molecule has 0 aliphatic carbocycles. The van der Waals surface area contributed by atoms with Gasteiger partial charge in [0.2, 0.25) is 0 Å². The molecule has 0 aromatic rings. The van der Waals surface area contributed by atoms with Crippen LogP contribution in [0.5, 0.6) is 0 Å². The zero-order valence-electron chi connectivity index (χ0n) is 7.39. The van der Waals surface area contributed by atoms with Crippen molar-refractivity contribution >= 4 is 0 Å². The maximum atomic E-state index is 9.46. The highest BCUT2D eigenvalue weighted by Crippen LogP contribution is 2.16. The number of nitrogens with two attached hydrogens (primary N) is 1. The molecular formula is C8H19NO. The quantitative estimate of drug-likeness (QED) is 0.625. The van der Waals surface area contributed by atoms with E-state index >= 15 is 0 Å². The Morgan fingerprint density at radius 2 is 1.90 bits per heavy atom. The highest BCUT2D eigenvalue weighted by atomic mass is 16.3. The average molecular weight is 145 g/mol. The summed E-state index contributed by atoms with van der Waals surface area (Å²) in [6.45, 7) is 7.65. The molecule has 0 amide bonds. The lowest BCUT2D eigenvalue weighted by Gasteiger charge is -2.30. The summed E-state index contributed by atoms with van der Waals surface area (Å²) in [5.41, 5.74) is 5.01. The van der Waals surface area contributed by atoms with Crippen molar-refractivity contribution in [3.05, 3.63) is 0 Å². The molecule has 0 rings (SSSR count). The summed E-state index contributed by atoms with van der Waals surface area (Å²) in [7, 11) is 0. The first-order chi connectivity index (χ1) is 4.39. The predicted octanol–water partition coefficient (Wildman–Crippen LogP) is 1.13. The van der Waals surface area contributed by atoms with Gasteiger partial charge in [-0.3, -0.25) is 0 Å². The van der Waals surface area contributed by atoms with Gasteiger partial charge < -0.3 is 10.8 Å². The van der Waals surface area contributed by atoms with Crippen LogP contribution in [0.4, 0.5) is 0 Å². The molecule has 0 aromatic heterocycles. The Labute approximate surface area is 63.4 Å². The summed E-state index contributed by atoms with van der Waals surface area (Å²) in [5.74, 6) is 0.389. The van der Waals surface area contributed by atoms with Gasteiger partial charge in [-0.05, 0) is 19.8 Å². The van der Waals surface area contributed by atoms with Gasteiger partial charge >= 0.3 is 0 Å². The van der Waals surface area contributed by atoms with Crippen LogP contribution in [0.3, 0.4) is 0 Å². The van der Waals surface area contributed by atoms with E-state index < -0.39 is 5.60 Å². The van der Waals surface area contributed by atoms with E-state index in [9.17, 15) is 5.11 Å². The molecule has 2 atom stereocenters. The van der Waals surface area contributed by atoms with E-state index in [2.05, 4.69) is 13.8 Å². The van der Waals surface area contributed by atoms with E-state index in [-0.39, 0.29) is 6.04 Å². The third-order valence-corrected chi connectivity index (χ3v) is 2.07. The fourth-order valence-electron chi connectivity index (χ4n) is 0.950. The van der Waals surface area contributed by atoms with E-state index in [0.717, 1.165) is 6.42 Å². The fourth-order valence-corrected chi connectivity index (χ4v) is 0.950. The number of aliphatic hydroxyl groups is 1. The van der Waals surface area contributed by atoms with Crippen LogP contribution in [0.1, 0.15) is 34.1 Å². The number of rotatable bonds is 3. The van der Waals surface area contributed by atoms with Crippen molar-refractivity contribution in [2.45, 2.75) is 45.8 Å². The van der Waals surface area contributed by atoms with Crippen molar-refractivity contribution in [3.8, 4) is 0 Å². The summed E-state index contributed by atoms with van der Waals surface area (Å²) in [6, 6.07) is -0.113. The van der Waals surface area contributed by atoms with Gasteiger partial charge in [0.15, 0.2) is 0 Å². The summed E-state index contributed by atoms with van der Waals surface area (Å²) < 4.78 is 0. The molecule has 0 bridgehead atoms. The lowest BCUT2D eigenvalue weighted by Crippen LogP contribution is -2.47. The smallest absolute Gasteiger partial charge is 0.0744 e. The van der Waals surface area contributed by atoms with Gasteiger partial charge in [0.25, 0.3) is 0 Å². The van der Waals surface area contributed by atoms with E-state index in [1.807, 2.05) is 0 Å². The van der Waals surface area contributed by atoms with Crippen LogP contribution >= 0.6 is 0 Å². The lowest BCUT2D eigenvalue weighted by atomic mass is 9.87. The summed E-state index contributed by atoms with van der Waals surface area (Å²) >= 11 is 0. The zero-order valence-corrected chi connectivity index (χ0v) is 7.39. The van der Waals surface area contributed by atoms with Crippen molar-refractivity contribution in [2.75, 3.05) is 0 Å². The Hall–Kier alpha value is -0.0800. The second kappa shape index (κ2) is 3.35. The Bertz CT molecular complexity index is 95.9. The minimum Gasteiger partial charge on any atom is -0.389 e. The Morgan fingerprint density at radius 3 is 2.00 bits per heavy atom. The Balaban J connectivity index is 3.94. The van der Waals surface area contributed by atoms with E-state index in [0.29, 0.717) is 5.92 Å². The van der Waals surface area contributed by atoms with Crippen LogP contribution in [0.2, 0.25) is 0 Å². The van der Waals surface area contributed by atoms with Crippen molar-refractivity contribution < 1.29 is 5.11 Å². The zero-order chi connectivity index (χ0) is 8.36. The molecule has 0 aromatic carbocycles. The molecule has 0 saturated carbocycles.